The van der Waals surface area contributed by atoms with E-state index in [1.165, 1.54) is 16.0 Å². The van der Waals surface area contributed by atoms with Crippen LogP contribution in [0.5, 0.6) is 0 Å². The van der Waals surface area contributed by atoms with E-state index in [9.17, 15) is 9.59 Å². The summed E-state index contributed by atoms with van der Waals surface area (Å²) in [5.74, 6) is -0.0317. The summed E-state index contributed by atoms with van der Waals surface area (Å²) in [5.41, 5.74) is 5.56. The average Bonchev–Trinajstić information content (AvgIpc) is 3.43. The highest BCUT2D eigenvalue weighted by molar-refractivity contribution is 7.17. The number of likely N-dealkylation sites (tertiary alicyclic amines) is 1. The van der Waals surface area contributed by atoms with Crippen molar-refractivity contribution in [1.82, 2.24) is 4.90 Å². The zero-order valence-electron chi connectivity index (χ0n) is 16.7. The Morgan fingerprint density at radius 2 is 2.00 bits per heavy atom. The highest BCUT2D eigenvalue weighted by atomic mass is 32.1. The smallest absolute Gasteiger partial charge is 0.249 e. The van der Waals surface area contributed by atoms with Gasteiger partial charge in [0.05, 0.1) is 5.71 Å². The first kappa shape index (κ1) is 18.6. The van der Waals surface area contributed by atoms with Gasteiger partial charge in [0.1, 0.15) is 18.1 Å². The van der Waals surface area contributed by atoms with Gasteiger partial charge in [-0.25, -0.2) is 0 Å². The molecule has 0 unspecified atom stereocenters. The van der Waals surface area contributed by atoms with Crippen molar-refractivity contribution in [1.29, 1.82) is 0 Å². The van der Waals surface area contributed by atoms with Gasteiger partial charge in [-0.3, -0.25) is 19.5 Å². The fourth-order valence-corrected chi connectivity index (χ4v) is 6.04. The van der Waals surface area contributed by atoms with Crippen LogP contribution in [0, 0.1) is 6.92 Å². The SMILES string of the molecule is Cc1cccc(C2=NCC(=O)N(CC(=O)N3CCCC3)c3sc4c(c32)CCC4)c1. The third kappa shape index (κ3) is 3.29. The van der Waals surface area contributed by atoms with Crippen LogP contribution in [0.25, 0.3) is 0 Å². The summed E-state index contributed by atoms with van der Waals surface area (Å²) in [4.78, 5) is 35.6. The number of carbonyl (C=O) groups is 2. The van der Waals surface area contributed by atoms with Crippen LogP contribution in [0.4, 0.5) is 5.00 Å². The predicted molar refractivity (Wildman–Crippen MR) is 116 cm³/mol. The molecule has 1 saturated heterocycles. The van der Waals surface area contributed by atoms with Crippen LogP contribution in [0.15, 0.2) is 29.3 Å². The molecule has 2 aromatic rings. The second kappa shape index (κ2) is 7.41. The minimum atomic E-state index is -0.0821. The van der Waals surface area contributed by atoms with Crippen molar-refractivity contribution >= 4 is 33.9 Å². The lowest BCUT2D eigenvalue weighted by molar-refractivity contribution is -0.130. The normalized spacial score (nSPS) is 18.5. The molecule has 0 radical (unpaired) electrons. The van der Waals surface area contributed by atoms with Crippen molar-refractivity contribution in [2.45, 2.75) is 39.0 Å². The monoisotopic (exact) mass is 407 g/mol. The molecule has 0 spiro atoms. The van der Waals surface area contributed by atoms with Crippen molar-refractivity contribution in [3.63, 3.8) is 0 Å². The summed E-state index contributed by atoms with van der Waals surface area (Å²) in [7, 11) is 0. The number of nitrogens with zero attached hydrogens (tertiary/aromatic N) is 3. The number of rotatable bonds is 3. The molecule has 3 aliphatic rings. The molecule has 0 atom stereocenters. The third-order valence-electron chi connectivity index (χ3n) is 6.10. The quantitative estimate of drug-likeness (QED) is 0.784. The number of hydrogen-bond donors (Lipinski definition) is 0. The topological polar surface area (TPSA) is 53.0 Å². The van der Waals surface area contributed by atoms with Crippen LogP contribution < -0.4 is 4.90 Å². The summed E-state index contributed by atoms with van der Waals surface area (Å²) in [6.45, 7) is 3.90. The van der Waals surface area contributed by atoms with Gasteiger partial charge in [0.25, 0.3) is 0 Å². The zero-order chi connectivity index (χ0) is 20.0. The first-order valence-corrected chi connectivity index (χ1v) is 11.3. The number of carbonyl (C=O) groups excluding carboxylic acids is 2. The lowest BCUT2D eigenvalue weighted by atomic mass is 9.98. The van der Waals surface area contributed by atoms with Crippen LogP contribution in [-0.2, 0) is 22.4 Å². The number of aliphatic imine (C=N–C) groups is 1. The van der Waals surface area contributed by atoms with Crippen LogP contribution in [0.3, 0.4) is 0 Å². The van der Waals surface area contributed by atoms with Crippen LogP contribution in [-0.4, -0.2) is 48.6 Å². The van der Waals surface area contributed by atoms with E-state index in [1.807, 2.05) is 11.0 Å². The molecule has 2 aliphatic heterocycles. The highest BCUT2D eigenvalue weighted by Crippen LogP contribution is 2.43. The summed E-state index contributed by atoms with van der Waals surface area (Å²) in [6.07, 6.45) is 5.33. The molecule has 0 N–H and O–H groups in total. The maximum absolute atomic E-state index is 13.1. The number of thiophene rings is 1. The fraction of sp³-hybridized carbons (Fsp3) is 0.435. The average molecular weight is 408 g/mol. The van der Waals surface area contributed by atoms with E-state index in [2.05, 4.69) is 25.1 Å². The Bertz CT molecular complexity index is 1020. The Morgan fingerprint density at radius 3 is 2.79 bits per heavy atom. The van der Waals surface area contributed by atoms with Crippen LogP contribution in [0.1, 0.15) is 46.4 Å². The molecule has 0 bridgehead atoms. The number of amides is 2. The van der Waals surface area contributed by atoms with E-state index in [1.54, 1.807) is 16.2 Å². The van der Waals surface area contributed by atoms with Gasteiger partial charge in [-0.15, -0.1) is 11.3 Å². The summed E-state index contributed by atoms with van der Waals surface area (Å²) in [6, 6.07) is 8.33. The van der Waals surface area contributed by atoms with E-state index in [0.717, 1.165) is 67.0 Å². The predicted octanol–water partition coefficient (Wildman–Crippen LogP) is 3.35. The highest BCUT2D eigenvalue weighted by Gasteiger charge is 2.34. The fourth-order valence-electron chi connectivity index (χ4n) is 4.64. The van der Waals surface area contributed by atoms with Gasteiger partial charge in [0.2, 0.25) is 11.8 Å². The Morgan fingerprint density at radius 1 is 1.17 bits per heavy atom. The van der Waals surface area contributed by atoms with Gasteiger partial charge >= 0.3 is 0 Å². The molecule has 1 aliphatic carbocycles. The van der Waals surface area contributed by atoms with Gasteiger partial charge in [-0.1, -0.05) is 23.8 Å². The summed E-state index contributed by atoms with van der Waals surface area (Å²) >= 11 is 1.69. The van der Waals surface area contributed by atoms with Crippen molar-refractivity contribution in [2.24, 2.45) is 4.99 Å². The molecule has 2 amide bonds. The molecule has 5 nitrogen and oxygen atoms in total. The Balaban J connectivity index is 1.58. The van der Waals surface area contributed by atoms with Gasteiger partial charge in [0.15, 0.2) is 0 Å². The Kier molecular flexibility index (Phi) is 4.74. The molecule has 3 heterocycles. The minimum Gasteiger partial charge on any atom is -0.341 e. The van der Waals surface area contributed by atoms with Crippen molar-refractivity contribution < 1.29 is 9.59 Å². The molecule has 1 aromatic carbocycles. The van der Waals surface area contributed by atoms with E-state index in [0.29, 0.717) is 0 Å². The number of aryl methyl sites for hydroxylation is 2. The van der Waals surface area contributed by atoms with E-state index in [4.69, 9.17) is 4.99 Å². The molecular weight excluding hydrogens is 382 g/mol. The standard InChI is InChI=1S/C23H25N3O2S/c1-15-6-4-7-16(12-15)22-21-17-8-5-9-18(17)29-23(21)26(19(27)13-24-22)14-20(28)25-10-2-3-11-25/h4,6-7,12H,2-3,5,8-11,13-14H2,1H3. The molecule has 6 heteroatoms. The van der Waals surface area contributed by atoms with Gasteiger partial charge < -0.3 is 4.90 Å². The number of fused-ring (bicyclic) bond motifs is 3. The van der Waals surface area contributed by atoms with E-state index < -0.39 is 0 Å². The minimum absolute atomic E-state index is 0.0503. The third-order valence-corrected chi connectivity index (χ3v) is 7.42. The molecule has 5 rings (SSSR count). The Hall–Kier alpha value is -2.47. The number of hydrogen-bond acceptors (Lipinski definition) is 4. The number of anilines is 1. The zero-order valence-corrected chi connectivity index (χ0v) is 17.6. The van der Waals surface area contributed by atoms with Gasteiger partial charge in [0, 0.05) is 29.1 Å². The maximum Gasteiger partial charge on any atom is 0.249 e. The maximum atomic E-state index is 13.1. The second-order valence-electron chi connectivity index (χ2n) is 8.14. The first-order chi connectivity index (χ1) is 14.1. The molecule has 0 saturated carbocycles. The van der Waals surface area contributed by atoms with Crippen molar-refractivity contribution in [2.75, 3.05) is 31.1 Å². The first-order valence-electron chi connectivity index (χ1n) is 10.5. The molecular formula is C23H25N3O2S. The summed E-state index contributed by atoms with van der Waals surface area (Å²) < 4.78 is 0. The van der Waals surface area contributed by atoms with Crippen LogP contribution in [0.2, 0.25) is 0 Å². The van der Waals surface area contributed by atoms with Crippen molar-refractivity contribution in [3.8, 4) is 0 Å². The molecule has 150 valence electrons. The largest absolute Gasteiger partial charge is 0.341 e. The molecule has 1 fully saturated rings. The van der Waals surface area contributed by atoms with E-state index in [-0.39, 0.29) is 24.9 Å². The number of benzene rings is 1. The lowest BCUT2D eigenvalue weighted by Crippen LogP contribution is -2.42. The Labute approximate surface area is 175 Å². The van der Waals surface area contributed by atoms with E-state index >= 15 is 0 Å². The van der Waals surface area contributed by atoms with Gasteiger partial charge in [-0.2, -0.15) is 0 Å². The molecule has 1 aromatic heterocycles. The van der Waals surface area contributed by atoms with Crippen LogP contribution >= 0.6 is 11.3 Å². The second-order valence-corrected chi connectivity index (χ2v) is 9.22. The molecule has 29 heavy (non-hydrogen) atoms. The van der Waals surface area contributed by atoms with Gasteiger partial charge in [-0.05, 0) is 50.7 Å². The summed E-state index contributed by atoms with van der Waals surface area (Å²) in [5, 5.41) is 0.921. The lowest BCUT2D eigenvalue weighted by Gasteiger charge is -2.23. The van der Waals surface area contributed by atoms with Crippen molar-refractivity contribution in [3.05, 3.63) is 51.4 Å².